The molecule has 2 rings (SSSR count). The van der Waals surface area contributed by atoms with Crippen molar-refractivity contribution in [3.63, 3.8) is 0 Å². The van der Waals surface area contributed by atoms with Crippen LogP contribution in [-0.2, 0) is 0 Å². The molecule has 3 heteroatoms. The van der Waals surface area contributed by atoms with E-state index in [1.165, 1.54) is 0 Å². The molecule has 0 radical (unpaired) electrons. The summed E-state index contributed by atoms with van der Waals surface area (Å²) in [5, 5.41) is 1.07. The van der Waals surface area contributed by atoms with Gasteiger partial charge in [-0.3, -0.25) is 0 Å². The molecule has 0 fully saturated rings. The van der Waals surface area contributed by atoms with Crippen molar-refractivity contribution in [3.05, 3.63) is 24.4 Å². The van der Waals surface area contributed by atoms with Gasteiger partial charge in [0.15, 0.2) is 0 Å². The Hall–Kier alpha value is -1.64. The molecule has 13 heavy (non-hydrogen) atoms. The molecule has 0 saturated carbocycles. The number of ether oxygens (including phenoxy) is 2. The Morgan fingerprint density at radius 2 is 2.00 bits per heavy atom. The molecule has 3 nitrogen and oxygen atoms in total. The average molecular weight is 177 g/mol. The Bertz CT molecular complexity index is 420. The number of aromatic amines is 1. The van der Waals surface area contributed by atoms with Crippen LogP contribution in [0.15, 0.2) is 24.4 Å². The lowest BCUT2D eigenvalue weighted by Gasteiger charge is -2.04. The third kappa shape index (κ3) is 1.22. The van der Waals surface area contributed by atoms with Crippen molar-refractivity contribution in [3.8, 4) is 11.5 Å². The summed E-state index contributed by atoms with van der Waals surface area (Å²) in [5.41, 5.74) is 1.02. The van der Waals surface area contributed by atoms with Gasteiger partial charge in [-0.2, -0.15) is 0 Å². The number of hydrogen-bond donors (Lipinski definition) is 1. The van der Waals surface area contributed by atoms with Gasteiger partial charge in [0.1, 0.15) is 11.5 Å². The van der Waals surface area contributed by atoms with Crippen LogP contribution in [0.2, 0.25) is 0 Å². The van der Waals surface area contributed by atoms with Crippen molar-refractivity contribution < 1.29 is 9.47 Å². The number of aromatic nitrogens is 1. The van der Waals surface area contributed by atoms with E-state index in [1.807, 2.05) is 24.4 Å². The summed E-state index contributed by atoms with van der Waals surface area (Å²) in [7, 11) is 3.30. The van der Waals surface area contributed by atoms with Crippen molar-refractivity contribution >= 4 is 10.9 Å². The molecular formula is C10H11NO2. The van der Waals surface area contributed by atoms with E-state index in [-0.39, 0.29) is 0 Å². The number of fused-ring (bicyclic) bond motifs is 1. The quantitative estimate of drug-likeness (QED) is 0.762. The fourth-order valence-electron chi connectivity index (χ4n) is 1.39. The van der Waals surface area contributed by atoms with E-state index in [0.29, 0.717) is 0 Å². The van der Waals surface area contributed by atoms with Crippen molar-refractivity contribution in [1.29, 1.82) is 0 Å². The monoisotopic (exact) mass is 177 g/mol. The zero-order valence-corrected chi connectivity index (χ0v) is 7.63. The molecular weight excluding hydrogens is 166 g/mol. The van der Waals surface area contributed by atoms with E-state index in [4.69, 9.17) is 9.47 Å². The standard InChI is InChI=1S/C10H11NO2/c1-12-7-5-9-8(3-4-11-9)10(6-7)13-2/h3-6,11H,1-2H3. The molecule has 0 atom stereocenters. The Labute approximate surface area is 76.3 Å². The third-order valence-electron chi connectivity index (χ3n) is 2.06. The number of methoxy groups -OCH3 is 2. The van der Waals surface area contributed by atoms with Crippen LogP contribution >= 0.6 is 0 Å². The molecule has 1 aromatic carbocycles. The summed E-state index contributed by atoms with van der Waals surface area (Å²) in [6.07, 6.45) is 1.88. The Morgan fingerprint density at radius 1 is 1.15 bits per heavy atom. The molecule has 1 heterocycles. The van der Waals surface area contributed by atoms with Crippen molar-refractivity contribution in [2.75, 3.05) is 14.2 Å². The number of rotatable bonds is 2. The zero-order chi connectivity index (χ0) is 9.26. The minimum Gasteiger partial charge on any atom is -0.497 e. The topological polar surface area (TPSA) is 34.2 Å². The van der Waals surface area contributed by atoms with Gasteiger partial charge < -0.3 is 14.5 Å². The summed E-state index contributed by atoms with van der Waals surface area (Å²) in [6.45, 7) is 0. The summed E-state index contributed by atoms with van der Waals surface area (Å²) in [6, 6.07) is 5.79. The molecule has 1 N–H and O–H groups in total. The first-order valence-electron chi connectivity index (χ1n) is 4.04. The van der Waals surface area contributed by atoms with Gasteiger partial charge in [-0.05, 0) is 6.07 Å². The van der Waals surface area contributed by atoms with Crippen LogP contribution in [0.1, 0.15) is 0 Å². The van der Waals surface area contributed by atoms with Gasteiger partial charge in [0.05, 0.1) is 19.7 Å². The van der Waals surface area contributed by atoms with E-state index >= 15 is 0 Å². The van der Waals surface area contributed by atoms with Crippen molar-refractivity contribution in [2.24, 2.45) is 0 Å². The van der Waals surface area contributed by atoms with Gasteiger partial charge in [-0.25, -0.2) is 0 Å². The maximum absolute atomic E-state index is 5.23. The van der Waals surface area contributed by atoms with Crippen LogP contribution in [0.5, 0.6) is 11.5 Å². The number of benzene rings is 1. The van der Waals surface area contributed by atoms with Gasteiger partial charge in [-0.1, -0.05) is 0 Å². The second-order valence-electron chi connectivity index (χ2n) is 2.77. The van der Waals surface area contributed by atoms with Gasteiger partial charge >= 0.3 is 0 Å². The summed E-state index contributed by atoms with van der Waals surface area (Å²) in [4.78, 5) is 3.11. The van der Waals surface area contributed by atoms with E-state index in [9.17, 15) is 0 Å². The highest BCUT2D eigenvalue weighted by Crippen LogP contribution is 2.29. The van der Waals surface area contributed by atoms with E-state index in [2.05, 4.69) is 4.98 Å². The lowest BCUT2D eigenvalue weighted by molar-refractivity contribution is 0.398. The highest BCUT2D eigenvalue weighted by molar-refractivity contribution is 5.87. The highest BCUT2D eigenvalue weighted by Gasteiger charge is 2.04. The molecule has 68 valence electrons. The fraction of sp³-hybridized carbons (Fsp3) is 0.200. The zero-order valence-electron chi connectivity index (χ0n) is 7.63. The molecule has 0 bridgehead atoms. The molecule has 0 saturated heterocycles. The molecule has 2 aromatic rings. The van der Waals surface area contributed by atoms with Gasteiger partial charge in [0.25, 0.3) is 0 Å². The summed E-state index contributed by atoms with van der Waals surface area (Å²) in [5.74, 6) is 1.63. The highest BCUT2D eigenvalue weighted by atomic mass is 16.5. The van der Waals surface area contributed by atoms with Crippen LogP contribution in [0.25, 0.3) is 10.9 Å². The summed E-state index contributed by atoms with van der Waals surface area (Å²) >= 11 is 0. The van der Waals surface area contributed by atoms with Crippen LogP contribution in [0, 0.1) is 0 Å². The SMILES string of the molecule is COc1cc(OC)c2cc[nH]c2c1. The van der Waals surface area contributed by atoms with Crippen LogP contribution in [-0.4, -0.2) is 19.2 Å². The maximum atomic E-state index is 5.23. The number of nitrogens with one attached hydrogen (secondary N) is 1. The molecule has 0 unspecified atom stereocenters. The Kier molecular flexibility index (Phi) is 1.85. The third-order valence-corrected chi connectivity index (χ3v) is 2.06. The first-order valence-corrected chi connectivity index (χ1v) is 4.04. The molecule has 1 aromatic heterocycles. The van der Waals surface area contributed by atoms with Crippen LogP contribution in [0.3, 0.4) is 0 Å². The molecule has 0 amide bonds. The first kappa shape index (κ1) is 7.98. The fourth-order valence-corrected chi connectivity index (χ4v) is 1.39. The molecule has 0 aliphatic heterocycles. The Morgan fingerprint density at radius 3 is 2.69 bits per heavy atom. The smallest absolute Gasteiger partial charge is 0.131 e. The predicted octanol–water partition coefficient (Wildman–Crippen LogP) is 2.19. The number of H-pyrrole nitrogens is 1. The lowest BCUT2D eigenvalue weighted by atomic mass is 10.2. The normalized spacial score (nSPS) is 10.3. The van der Waals surface area contributed by atoms with Crippen LogP contribution < -0.4 is 9.47 Å². The maximum Gasteiger partial charge on any atom is 0.131 e. The van der Waals surface area contributed by atoms with Crippen molar-refractivity contribution in [1.82, 2.24) is 4.98 Å². The minimum atomic E-state index is 0.798. The second-order valence-corrected chi connectivity index (χ2v) is 2.77. The van der Waals surface area contributed by atoms with E-state index in [0.717, 1.165) is 22.4 Å². The molecule has 0 aliphatic carbocycles. The van der Waals surface area contributed by atoms with E-state index in [1.54, 1.807) is 14.2 Å². The second kappa shape index (κ2) is 3.01. The minimum absolute atomic E-state index is 0.798. The van der Waals surface area contributed by atoms with E-state index < -0.39 is 0 Å². The van der Waals surface area contributed by atoms with Crippen molar-refractivity contribution in [2.45, 2.75) is 0 Å². The number of hydrogen-bond acceptors (Lipinski definition) is 2. The van der Waals surface area contributed by atoms with Gasteiger partial charge in [0, 0.05) is 23.7 Å². The summed E-state index contributed by atoms with van der Waals surface area (Å²) < 4.78 is 10.4. The van der Waals surface area contributed by atoms with Crippen LogP contribution in [0.4, 0.5) is 0 Å². The largest absolute Gasteiger partial charge is 0.497 e. The molecule has 0 spiro atoms. The molecule has 0 aliphatic rings. The van der Waals surface area contributed by atoms with Gasteiger partial charge in [0.2, 0.25) is 0 Å². The lowest BCUT2D eigenvalue weighted by Crippen LogP contribution is -1.87. The predicted molar refractivity (Wildman–Crippen MR) is 51.4 cm³/mol. The first-order chi connectivity index (χ1) is 6.35. The average Bonchev–Trinajstić information content (AvgIpc) is 2.63. The van der Waals surface area contributed by atoms with Gasteiger partial charge in [-0.15, -0.1) is 0 Å². The Balaban J connectivity index is 2.70.